The number of carbonyl (C=O) groups is 1. The predicted molar refractivity (Wildman–Crippen MR) is 46.1 cm³/mol. The first-order chi connectivity index (χ1) is 5.74. The van der Waals surface area contributed by atoms with E-state index >= 15 is 0 Å². The summed E-state index contributed by atoms with van der Waals surface area (Å²) in [6, 6.07) is 0. The lowest BCUT2D eigenvalue weighted by molar-refractivity contribution is -0.141. The van der Waals surface area contributed by atoms with Crippen molar-refractivity contribution in [2.24, 2.45) is 5.92 Å². The van der Waals surface area contributed by atoms with Crippen molar-refractivity contribution in [3.05, 3.63) is 0 Å². The van der Waals surface area contributed by atoms with E-state index in [0.717, 1.165) is 19.6 Å². The Balaban J connectivity index is 2.47. The molecule has 4 nitrogen and oxygen atoms in total. The summed E-state index contributed by atoms with van der Waals surface area (Å²) >= 11 is 0. The molecule has 1 rings (SSSR count). The molecule has 4 heteroatoms. The molecule has 0 aromatic carbocycles. The summed E-state index contributed by atoms with van der Waals surface area (Å²) in [5.74, 6) is -0.935. The molecule has 0 aliphatic carbocycles. The van der Waals surface area contributed by atoms with Gasteiger partial charge in [-0.25, -0.2) is 0 Å². The Hall–Kier alpha value is -0.610. The number of aliphatic carboxylic acids is 1. The fourth-order valence-corrected chi connectivity index (χ4v) is 1.43. The lowest BCUT2D eigenvalue weighted by atomic mass is 10.1. The minimum Gasteiger partial charge on any atom is -0.481 e. The maximum atomic E-state index is 10.7. The van der Waals surface area contributed by atoms with E-state index in [1.54, 1.807) is 0 Å². The van der Waals surface area contributed by atoms with Crippen molar-refractivity contribution < 1.29 is 9.90 Å². The summed E-state index contributed by atoms with van der Waals surface area (Å²) in [6.07, 6.45) is 0. The van der Waals surface area contributed by atoms with Crippen molar-refractivity contribution in [3.63, 3.8) is 0 Å². The van der Waals surface area contributed by atoms with Crippen molar-refractivity contribution in [1.82, 2.24) is 10.2 Å². The van der Waals surface area contributed by atoms with Gasteiger partial charge in [-0.1, -0.05) is 6.92 Å². The van der Waals surface area contributed by atoms with Crippen LogP contribution in [0.15, 0.2) is 0 Å². The molecule has 12 heavy (non-hydrogen) atoms. The van der Waals surface area contributed by atoms with E-state index in [1.807, 2.05) is 0 Å². The van der Waals surface area contributed by atoms with Gasteiger partial charge in [0, 0.05) is 26.2 Å². The lowest BCUT2D eigenvalue weighted by Crippen LogP contribution is -2.33. The zero-order valence-corrected chi connectivity index (χ0v) is 7.42. The molecule has 0 spiro atoms. The standard InChI is InChI=1S/C8H16N2O2/c1-2-10-4-3-9-5-7(6-10)8(11)12/h7,9H,2-6H2,1H3,(H,11,12). The average molecular weight is 172 g/mol. The monoisotopic (exact) mass is 172 g/mol. The molecular formula is C8H16N2O2. The third-order valence-corrected chi connectivity index (χ3v) is 2.27. The van der Waals surface area contributed by atoms with E-state index in [1.165, 1.54) is 0 Å². The molecule has 1 aliphatic rings. The van der Waals surface area contributed by atoms with Crippen LogP contribution in [0.3, 0.4) is 0 Å². The molecule has 70 valence electrons. The van der Waals surface area contributed by atoms with Crippen molar-refractivity contribution >= 4 is 5.97 Å². The van der Waals surface area contributed by atoms with Crippen LogP contribution in [-0.2, 0) is 4.79 Å². The number of rotatable bonds is 2. The zero-order chi connectivity index (χ0) is 8.97. The molecule has 1 saturated heterocycles. The molecule has 1 fully saturated rings. The Bertz CT molecular complexity index is 161. The van der Waals surface area contributed by atoms with Crippen molar-refractivity contribution in [2.75, 3.05) is 32.7 Å². The molecule has 0 aromatic rings. The Morgan fingerprint density at radius 3 is 3.08 bits per heavy atom. The summed E-state index contributed by atoms with van der Waals surface area (Å²) in [5, 5.41) is 11.9. The fourth-order valence-electron chi connectivity index (χ4n) is 1.43. The van der Waals surface area contributed by atoms with Gasteiger partial charge in [-0.3, -0.25) is 4.79 Å². The van der Waals surface area contributed by atoms with Gasteiger partial charge in [-0.05, 0) is 6.54 Å². The molecule has 0 aromatic heterocycles. The Labute approximate surface area is 72.6 Å². The molecule has 1 heterocycles. The Morgan fingerprint density at radius 2 is 2.50 bits per heavy atom. The van der Waals surface area contributed by atoms with Crippen LogP contribution in [0.5, 0.6) is 0 Å². The smallest absolute Gasteiger partial charge is 0.309 e. The van der Waals surface area contributed by atoms with Crippen LogP contribution in [0.4, 0.5) is 0 Å². The SMILES string of the molecule is CCN1CCNCC(C(=O)O)C1. The van der Waals surface area contributed by atoms with E-state index in [-0.39, 0.29) is 5.92 Å². The molecule has 1 aliphatic heterocycles. The Morgan fingerprint density at radius 1 is 1.75 bits per heavy atom. The van der Waals surface area contributed by atoms with Crippen LogP contribution < -0.4 is 5.32 Å². The molecule has 1 unspecified atom stereocenters. The van der Waals surface area contributed by atoms with Gasteiger partial charge in [0.05, 0.1) is 5.92 Å². The van der Waals surface area contributed by atoms with Gasteiger partial charge in [0.25, 0.3) is 0 Å². The highest BCUT2D eigenvalue weighted by Gasteiger charge is 2.22. The average Bonchev–Trinajstić information content (AvgIpc) is 2.28. The largest absolute Gasteiger partial charge is 0.481 e. The van der Waals surface area contributed by atoms with Gasteiger partial charge < -0.3 is 15.3 Å². The summed E-state index contributed by atoms with van der Waals surface area (Å²) in [7, 11) is 0. The molecule has 0 saturated carbocycles. The first-order valence-electron chi connectivity index (χ1n) is 4.40. The second kappa shape index (κ2) is 4.42. The van der Waals surface area contributed by atoms with Crippen LogP contribution in [0.2, 0.25) is 0 Å². The van der Waals surface area contributed by atoms with Crippen molar-refractivity contribution in [1.29, 1.82) is 0 Å². The molecule has 0 amide bonds. The van der Waals surface area contributed by atoms with Crippen LogP contribution in [0, 0.1) is 5.92 Å². The minimum atomic E-state index is -0.692. The highest BCUT2D eigenvalue weighted by Crippen LogP contribution is 2.02. The topological polar surface area (TPSA) is 52.6 Å². The maximum absolute atomic E-state index is 10.7. The summed E-state index contributed by atoms with van der Waals surface area (Å²) < 4.78 is 0. The lowest BCUT2D eigenvalue weighted by Gasteiger charge is -2.19. The van der Waals surface area contributed by atoms with Gasteiger partial charge >= 0.3 is 5.97 Å². The predicted octanol–water partition coefficient (Wildman–Crippen LogP) is -0.388. The zero-order valence-electron chi connectivity index (χ0n) is 7.42. The molecular weight excluding hydrogens is 156 g/mol. The fraction of sp³-hybridized carbons (Fsp3) is 0.875. The summed E-state index contributed by atoms with van der Waals surface area (Å²) in [6.45, 7) is 6.14. The van der Waals surface area contributed by atoms with E-state index in [4.69, 9.17) is 5.11 Å². The van der Waals surface area contributed by atoms with Crippen LogP contribution >= 0.6 is 0 Å². The van der Waals surface area contributed by atoms with Gasteiger partial charge in [0.15, 0.2) is 0 Å². The number of hydrogen-bond donors (Lipinski definition) is 2. The van der Waals surface area contributed by atoms with Crippen molar-refractivity contribution in [3.8, 4) is 0 Å². The first kappa shape index (κ1) is 9.48. The summed E-state index contributed by atoms with van der Waals surface area (Å²) in [5.41, 5.74) is 0. The quantitative estimate of drug-likeness (QED) is 0.596. The van der Waals surface area contributed by atoms with E-state index in [2.05, 4.69) is 17.1 Å². The highest BCUT2D eigenvalue weighted by atomic mass is 16.4. The molecule has 2 N–H and O–H groups in total. The first-order valence-corrected chi connectivity index (χ1v) is 4.40. The number of likely N-dealkylation sites (N-methyl/N-ethyl adjacent to an activating group) is 1. The third-order valence-electron chi connectivity index (χ3n) is 2.27. The highest BCUT2D eigenvalue weighted by molar-refractivity contribution is 5.70. The molecule has 0 radical (unpaired) electrons. The second-order valence-electron chi connectivity index (χ2n) is 3.13. The third kappa shape index (κ3) is 2.46. The summed E-state index contributed by atoms with van der Waals surface area (Å²) in [4.78, 5) is 12.9. The minimum absolute atomic E-state index is 0.243. The van der Waals surface area contributed by atoms with E-state index in [0.29, 0.717) is 13.1 Å². The number of carboxylic acids is 1. The number of nitrogens with one attached hydrogen (secondary N) is 1. The van der Waals surface area contributed by atoms with Gasteiger partial charge in [-0.15, -0.1) is 0 Å². The maximum Gasteiger partial charge on any atom is 0.309 e. The van der Waals surface area contributed by atoms with Crippen LogP contribution in [0.1, 0.15) is 6.92 Å². The molecule has 0 bridgehead atoms. The van der Waals surface area contributed by atoms with E-state index < -0.39 is 5.97 Å². The number of hydrogen-bond acceptors (Lipinski definition) is 3. The molecule has 1 atom stereocenters. The normalized spacial score (nSPS) is 26.6. The second-order valence-corrected chi connectivity index (χ2v) is 3.13. The van der Waals surface area contributed by atoms with Crippen LogP contribution in [-0.4, -0.2) is 48.7 Å². The number of carboxylic acid groups (broad SMARTS) is 1. The van der Waals surface area contributed by atoms with Crippen LogP contribution in [0.25, 0.3) is 0 Å². The van der Waals surface area contributed by atoms with Gasteiger partial charge in [-0.2, -0.15) is 0 Å². The van der Waals surface area contributed by atoms with Gasteiger partial charge in [0.1, 0.15) is 0 Å². The number of nitrogens with zero attached hydrogens (tertiary/aromatic N) is 1. The van der Waals surface area contributed by atoms with Crippen molar-refractivity contribution in [2.45, 2.75) is 6.92 Å². The van der Waals surface area contributed by atoms with E-state index in [9.17, 15) is 4.79 Å². The van der Waals surface area contributed by atoms with Gasteiger partial charge in [0.2, 0.25) is 0 Å². The Kier molecular flexibility index (Phi) is 3.49.